The summed E-state index contributed by atoms with van der Waals surface area (Å²) in [6, 6.07) is 21.4. The van der Waals surface area contributed by atoms with Crippen molar-refractivity contribution in [2.45, 2.75) is 11.8 Å². The summed E-state index contributed by atoms with van der Waals surface area (Å²) in [5.41, 5.74) is 3.28. The number of carbonyl (C=O) groups is 1. The first-order valence-corrected chi connectivity index (χ1v) is 11.9. The number of benzene rings is 2. The Morgan fingerprint density at radius 3 is 2.62 bits per heavy atom. The van der Waals surface area contributed by atoms with Gasteiger partial charge in [-0.2, -0.15) is 0 Å². The predicted molar refractivity (Wildman–Crippen MR) is 134 cm³/mol. The van der Waals surface area contributed by atoms with Gasteiger partial charge >= 0.3 is 0 Å². The van der Waals surface area contributed by atoms with Gasteiger partial charge in [-0.3, -0.25) is 14.0 Å². The van der Waals surface area contributed by atoms with E-state index in [0.29, 0.717) is 33.1 Å². The van der Waals surface area contributed by atoms with E-state index in [9.17, 15) is 9.59 Å². The van der Waals surface area contributed by atoms with Crippen molar-refractivity contribution in [1.82, 2.24) is 14.3 Å². The highest BCUT2D eigenvalue weighted by Gasteiger charge is 2.41. The van der Waals surface area contributed by atoms with Crippen molar-refractivity contribution in [3.63, 3.8) is 0 Å². The summed E-state index contributed by atoms with van der Waals surface area (Å²) >= 11 is 7.35. The van der Waals surface area contributed by atoms with E-state index >= 15 is 0 Å². The molecule has 1 atom stereocenters. The van der Waals surface area contributed by atoms with Crippen molar-refractivity contribution in [3.05, 3.63) is 111 Å². The van der Waals surface area contributed by atoms with Gasteiger partial charge in [-0.25, -0.2) is 19.9 Å². The summed E-state index contributed by atoms with van der Waals surface area (Å²) in [6.45, 7) is 0. The Hall–Kier alpha value is -3.75. The van der Waals surface area contributed by atoms with Crippen LogP contribution in [0.5, 0.6) is 0 Å². The zero-order chi connectivity index (χ0) is 23.2. The fourth-order valence-corrected chi connectivity index (χ4v) is 5.09. The number of para-hydroxylation sites is 1. The van der Waals surface area contributed by atoms with Crippen LogP contribution in [0, 0.1) is 0 Å². The fraction of sp³-hybridized carbons (Fsp3) is 0.0800. The van der Waals surface area contributed by atoms with Crippen molar-refractivity contribution in [2.24, 2.45) is 9.98 Å². The number of fused-ring (bicyclic) bond motifs is 4. The first-order valence-electron chi connectivity index (χ1n) is 10.5. The van der Waals surface area contributed by atoms with Crippen LogP contribution in [-0.4, -0.2) is 31.2 Å². The lowest BCUT2D eigenvalue weighted by atomic mass is 10.1. The highest BCUT2D eigenvalue weighted by Crippen LogP contribution is 2.38. The molecule has 9 heteroatoms. The van der Waals surface area contributed by atoms with Gasteiger partial charge in [0.15, 0.2) is 11.2 Å². The molecule has 0 fully saturated rings. The van der Waals surface area contributed by atoms with Gasteiger partial charge in [0.05, 0.1) is 16.4 Å². The largest absolute Gasteiger partial charge is 0.271 e. The quantitative estimate of drug-likeness (QED) is 0.424. The van der Waals surface area contributed by atoms with Gasteiger partial charge in [-0.05, 0) is 29.8 Å². The third kappa shape index (κ3) is 3.52. The number of aliphatic imine (C=N–C) groups is 2. The maximum atomic E-state index is 13.5. The molecule has 7 nitrogen and oxygen atoms in total. The summed E-state index contributed by atoms with van der Waals surface area (Å²) in [5.74, 6) is 0.805. The van der Waals surface area contributed by atoms with Gasteiger partial charge in [0, 0.05) is 23.6 Å². The zero-order valence-corrected chi connectivity index (χ0v) is 19.2. The van der Waals surface area contributed by atoms with Crippen LogP contribution in [0.15, 0.2) is 93.8 Å². The molecule has 0 saturated heterocycles. The molecule has 0 spiro atoms. The molecular formula is C25H16ClN5O2S. The van der Waals surface area contributed by atoms with E-state index in [1.54, 1.807) is 23.2 Å². The molecule has 1 amide bonds. The van der Waals surface area contributed by atoms with Crippen LogP contribution in [0.4, 0.5) is 5.69 Å². The lowest BCUT2D eigenvalue weighted by Gasteiger charge is -2.25. The molecule has 2 aromatic carbocycles. The van der Waals surface area contributed by atoms with E-state index < -0.39 is 6.04 Å². The van der Waals surface area contributed by atoms with Crippen LogP contribution < -0.4 is 5.56 Å². The van der Waals surface area contributed by atoms with Crippen LogP contribution in [0.1, 0.15) is 22.9 Å². The highest BCUT2D eigenvalue weighted by atomic mass is 35.5. The van der Waals surface area contributed by atoms with Crippen molar-refractivity contribution < 1.29 is 4.79 Å². The van der Waals surface area contributed by atoms with Gasteiger partial charge in [0.2, 0.25) is 0 Å². The lowest BCUT2D eigenvalue weighted by molar-refractivity contribution is -0.124. The number of pyridine rings is 1. The van der Waals surface area contributed by atoms with Gasteiger partial charge in [-0.1, -0.05) is 65.8 Å². The average Bonchev–Trinajstić information content (AvgIpc) is 3.21. The maximum absolute atomic E-state index is 13.5. The van der Waals surface area contributed by atoms with Crippen molar-refractivity contribution in [3.8, 4) is 0 Å². The normalized spacial score (nSPS) is 16.8. The van der Waals surface area contributed by atoms with E-state index in [1.807, 2.05) is 54.6 Å². The van der Waals surface area contributed by atoms with Crippen LogP contribution in [0.25, 0.3) is 5.65 Å². The number of amidine groups is 2. The van der Waals surface area contributed by atoms with E-state index in [4.69, 9.17) is 21.6 Å². The van der Waals surface area contributed by atoms with Crippen LogP contribution in [0.2, 0.25) is 5.02 Å². The molecule has 166 valence electrons. The standard InChI is InChI=1S/C25H16ClN5O2S/c26-16-10-11-20-27-17(12-21(32)30(20)13-16)14-34-25-28-19-9-5-4-8-18(19)23-29-22(24(33)31(23)25)15-6-2-1-3-7-15/h1-13,22H,14H2/t22-/m0/s1. The molecule has 2 aliphatic heterocycles. The second-order valence-electron chi connectivity index (χ2n) is 7.80. The second kappa shape index (κ2) is 8.23. The highest BCUT2D eigenvalue weighted by molar-refractivity contribution is 8.13. The van der Waals surface area contributed by atoms with E-state index in [2.05, 4.69) is 4.98 Å². The minimum absolute atomic E-state index is 0.150. The molecule has 0 bridgehead atoms. The molecule has 0 radical (unpaired) electrons. The Morgan fingerprint density at radius 2 is 1.76 bits per heavy atom. The number of aromatic nitrogens is 2. The molecule has 0 unspecified atom stereocenters. The number of halogens is 1. The fourth-order valence-electron chi connectivity index (χ4n) is 4.04. The molecule has 6 rings (SSSR count). The van der Waals surface area contributed by atoms with Gasteiger partial charge in [-0.15, -0.1) is 0 Å². The van der Waals surface area contributed by atoms with Crippen LogP contribution >= 0.6 is 23.4 Å². The summed E-state index contributed by atoms with van der Waals surface area (Å²) in [5, 5.41) is 0.972. The second-order valence-corrected chi connectivity index (χ2v) is 9.18. The Kier molecular flexibility index (Phi) is 5.04. The van der Waals surface area contributed by atoms with Gasteiger partial charge in [0.25, 0.3) is 11.5 Å². The van der Waals surface area contributed by atoms with E-state index in [-0.39, 0.29) is 11.5 Å². The van der Waals surface area contributed by atoms with Gasteiger partial charge in [0.1, 0.15) is 11.5 Å². The first kappa shape index (κ1) is 20.8. The third-order valence-corrected chi connectivity index (χ3v) is 6.81. The van der Waals surface area contributed by atoms with Crippen LogP contribution in [0.3, 0.4) is 0 Å². The lowest BCUT2D eigenvalue weighted by Crippen LogP contribution is -2.39. The molecule has 0 saturated carbocycles. The topological polar surface area (TPSA) is 79.4 Å². The van der Waals surface area contributed by atoms with Crippen molar-refractivity contribution in [2.75, 3.05) is 0 Å². The Morgan fingerprint density at radius 1 is 0.971 bits per heavy atom. The first-order chi connectivity index (χ1) is 16.6. The monoisotopic (exact) mass is 485 g/mol. The smallest absolute Gasteiger partial charge is 0.263 e. The van der Waals surface area contributed by atoms with Crippen molar-refractivity contribution >= 4 is 51.6 Å². The zero-order valence-electron chi connectivity index (χ0n) is 17.6. The Labute approximate surface area is 203 Å². The predicted octanol–water partition coefficient (Wildman–Crippen LogP) is 4.61. The number of hydrogen-bond acceptors (Lipinski definition) is 6. The minimum Gasteiger partial charge on any atom is -0.271 e. The summed E-state index contributed by atoms with van der Waals surface area (Å²) in [6.07, 6.45) is 1.54. The number of nitrogens with zero attached hydrogens (tertiary/aromatic N) is 5. The number of rotatable bonds is 3. The molecule has 2 aliphatic rings. The number of amides is 1. The number of thioether (sulfide) groups is 1. The van der Waals surface area contributed by atoms with E-state index in [1.165, 1.54) is 22.2 Å². The molecule has 4 heterocycles. The van der Waals surface area contributed by atoms with Crippen molar-refractivity contribution in [1.29, 1.82) is 0 Å². The van der Waals surface area contributed by atoms with E-state index in [0.717, 1.165) is 16.8 Å². The molecule has 2 aromatic heterocycles. The number of hydrogen-bond donors (Lipinski definition) is 0. The molecule has 0 N–H and O–H groups in total. The molecule has 4 aromatic rings. The SMILES string of the molecule is O=C1[C@H](c2ccccc2)N=C2c3ccccc3N=C(SCc3cc(=O)n4cc(Cl)ccc4n3)N12. The number of carbonyl (C=O) groups excluding carboxylic acids is 1. The molecule has 0 aliphatic carbocycles. The Balaban J connectivity index is 1.36. The van der Waals surface area contributed by atoms with Gasteiger partial charge < -0.3 is 0 Å². The minimum atomic E-state index is -0.624. The third-order valence-electron chi connectivity index (χ3n) is 5.61. The summed E-state index contributed by atoms with van der Waals surface area (Å²) in [4.78, 5) is 41.7. The van der Waals surface area contributed by atoms with Crippen LogP contribution in [-0.2, 0) is 10.5 Å². The molecule has 34 heavy (non-hydrogen) atoms. The summed E-state index contributed by atoms with van der Waals surface area (Å²) in [7, 11) is 0. The molecular weight excluding hydrogens is 470 g/mol. The maximum Gasteiger partial charge on any atom is 0.263 e. The summed E-state index contributed by atoms with van der Waals surface area (Å²) < 4.78 is 1.41. The average molecular weight is 486 g/mol. The Bertz CT molecular complexity index is 1580.